The average molecular weight is 801 g/mol. The van der Waals surface area contributed by atoms with Gasteiger partial charge in [-0.2, -0.15) is 0 Å². The van der Waals surface area contributed by atoms with E-state index < -0.39 is 11.9 Å². The van der Waals surface area contributed by atoms with Gasteiger partial charge in [0.05, 0.1) is 5.69 Å². The highest BCUT2D eigenvalue weighted by molar-refractivity contribution is 9.10. The molecule has 1 unspecified atom stereocenters. The van der Waals surface area contributed by atoms with Gasteiger partial charge >= 0.3 is 0 Å². The summed E-state index contributed by atoms with van der Waals surface area (Å²) < 4.78 is 0.861. The normalized spacial score (nSPS) is 17.2. The number of anilines is 4. The Balaban J connectivity index is 0.850. The van der Waals surface area contributed by atoms with Crippen LogP contribution in [0.3, 0.4) is 0 Å². The van der Waals surface area contributed by atoms with Crippen molar-refractivity contribution in [1.29, 1.82) is 0 Å². The molecular formula is C41H38BrN9O4. The van der Waals surface area contributed by atoms with E-state index in [1.54, 1.807) is 23.5 Å². The highest BCUT2D eigenvalue weighted by Gasteiger charge is 2.39. The number of hydrogen-bond donors (Lipinski definition) is 3. The topological polar surface area (TPSA) is 153 Å². The molecule has 3 N–H and O–H groups in total. The number of pyridine rings is 1. The van der Waals surface area contributed by atoms with Gasteiger partial charge in [-0.3, -0.25) is 34.4 Å². The molecular weight excluding hydrogens is 762 g/mol. The third-order valence-corrected chi connectivity index (χ3v) is 11.0. The lowest BCUT2D eigenvalue weighted by molar-refractivity contribution is -0.136. The zero-order valence-corrected chi connectivity index (χ0v) is 31.7. The Morgan fingerprint density at radius 1 is 0.964 bits per heavy atom. The van der Waals surface area contributed by atoms with E-state index in [1.165, 1.54) is 0 Å². The second-order valence-electron chi connectivity index (χ2n) is 13.9. The number of carbonyl (C=O) groups excluding carboxylic acids is 4. The number of nitrogens with one attached hydrogen (secondary N) is 3. The van der Waals surface area contributed by atoms with E-state index in [2.05, 4.69) is 62.7 Å². The van der Waals surface area contributed by atoms with E-state index in [9.17, 15) is 19.2 Å². The predicted octanol–water partition coefficient (Wildman–Crippen LogP) is 5.69. The van der Waals surface area contributed by atoms with Gasteiger partial charge in [0.15, 0.2) is 0 Å². The summed E-state index contributed by atoms with van der Waals surface area (Å²) in [7, 11) is 0. The van der Waals surface area contributed by atoms with E-state index in [-0.39, 0.29) is 24.1 Å². The van der Waals surface area contributed by atoms with Crippen LogP contribution >= 0.6 is 15.9 Å². The fraction of sp³-hybridized carbons (Fsp3) is 0.244. The Bertz CT molecular complexity index is 2300. The molecule has 3 aliphatic rings. The first kappa shape index (κ1) is 36.0. The number of amides is 4. The number of halogens is 1. The third kappa shape index (κ3) is 7.82. The number of rotatable bonds is 9. The van der Waals surface area contributed by atoms with Crippen LogP contribution in [0.1, 0.15) is 50.2 Å². The van der Waals surface area contributed by atoms with Gasteiger partial charge in [-0.1, -0.05) is 28.1 Å². The van der Waals surface area contributed by atoms with Crippen molar-refractivity contribution in [1.82, 2.24) is 30.1 Å². The largest absolute Gasteiger partial charge is 0.369 e. The van der Waals surface area contributed by atoms with Crippen molar-refractivity contribution in [2.75, 3.05) is 41.7 Å². The fourth-order valence-electron chi connectivity index (χ4n) is 7.24. The predicted molar refractivity (Wildman–Crippen MR) is 212 cm³/mol. The minimum atomic E-state index is -0.634. The van der Waals surface area contributed by atoms with Crippen molar-refractivity contribution in [2.45, 2.75) is 38.9 Å². The molecule has 1 atom stereocenters. The molecule has 4 amide bonds. The number of carbonyl (C=O) groups is 4. The Morgan fingerprint density at radius 2 is 1.78 bits per heavy atom. The first-order valence-corrected chi connectivity index (χ1v) is 18.9. The van der Waals surface area contributed by atoms with Crippen molar-refractivity contribution < 1.29 is 19.2 Å². The van der Waals surface area contributed by atoms with Crippen LogP contribution in [0.5, 0.6) is 0 Å². The summed E-state index contributed by atoms with van der Waals surface area (Å²) in [6.45, 7) is 6.38. The fourth-order valence-corrected chi connectivity index (χ4v) is 7.71. The third-order valence-electron chi connectivity index (χ3n) is 10.3. The molecule has 278 valence electrons. The molecule has 55 heavy (non-hydrogen) atoms. The zero-order valence-electron chi connectivity index (χ0n) is 30.1. The maximum atomic E-state index is 13.3. The Morgan fingerprint density at radius 3 is 2.55 bits per heavy atom. The van der Waals surface area contributed by atoms with Crippen LogP contribution in [0.4, 0.5) is 23.0 Å². The number of benzene rings is 3. The molecule has 2 fully saturated rings. The highest BCUT2D eigenvalue weighted by atomic mass is 79.9. The average Bonchev–Trinajstić information content (AvgIpc) is 3.51. The molecule has 3 aliphatic heterocycles. The minimum absolute atomic E-state index is 0.179. The lowest BCUT2D eigenvalue weighted by Crippen LogP contribution is -2.52. The van der Waals surface area contributed by atoms with Gasteiger partial charge in [-0.15, -0.1) is 0 Å². The van der Waals surface area contributed by atoms with Gasteiger partial charge in [0, 0.05) is 103 Å². The summed E-state index contributed by atoms with van der Waals surface area (Å²) in [4.78, 5) is 70.0. The van der Waals surface area contributed by atoms with E-state index in [4.69, 9.17) is 0 Å². The van der Waals surface area contributed by atoms with E-state index in [0.29, 0.717) is 42.3 Å². The molecule has 14 heteroatoms. The van der Waals surface area contributed by atoms with Gasteiger partial charge in [0.25, 0.3) is 11.8 Å². The molecule has 3 aromatic carbocycles. The van der Waals surface area contributed by atoms with Crippen molar-refractivity contribution in [3.63, 3.8) is 0 Å². The van der Waals surface area contributed by atoms with Crippen LogP contribution in [0.15, 0.2) is 95.9 Å². The Kier molecular flexibility index (Phi) is 10.1. The molecule has 0 saturated carbocycles. The molecule has 13 nitrogen and oxygen atoms in total. The standard InChI is InChI=1S/C41H38BrN9O4/c1-25-4-7-30(20-35(25)47-41-44-14-12-34(46-41)27-3-2-13-43-22-27)45-38(53)26-5-8-31(9-6-26)50-17-15-49(16-18-50)23-29-19-28-24-51(40(55)32(28)21-33(29)42)36-10-11-37(52)48-39(36)54/h2-9,12-14,19-22,36H,10-11,15-18,23-24H2,1H3,(H,45,53)(H,44,46,47)(H,48,52,54). The summed E-state index contributed by atoms with van der Waals surface area (Å²) >= 11 is 3.68. The quantitative estimate of drug-likeness (QED) is 0.159. The summed E-state index contributed by atoms with van der Waals surface area (Å²) in [6, 6.07) is 22.3. The van der Waals surface area contributed by atoms with E-state index >= 15 is 0 Å². The lowest BCUT2D eigenvalue weighted by atomic mass is 10.0. The van der Waals surface area contributed by atoms with Gasteiger partial charge in [-0.05, 0) is 90.7 Å². The maximum absolute atomic E-state index is 13.3. The molecule has 5 aromatic rings. The number of piperazine rings is 1. The SMILES string of the molecule is Cc1ccc(NC(=O)c2ccc(N3CCN(Cc4cc5c(cc4Br)C(=O)N(C4CCC(=O)NC4=O)C5)CC3)cc2)cc1Nc1nccc(-c2cccnc2)n1. The van der Waals surface area contributed by atoms with Crippen LogP contribution < -0.4 is 20.9 Å². The summed E-state index contributed by atoms with van der Waals surface area (Å²) in [5, 5.41) is 8.66. The Labute approximate surface area is 326 Å². The molecule has 2 aromatic heterocycles. The van der Waals surface area contributed by atoms with Crippen LogP contribution in [0.25, 0.3) is 11.3 Å². The van der Waals surface area contributed by atoms with Crippen LogP contribution in [0.2, 0.25) is 0 Å². The summed E-state index contributed by atoms with van der Waals surface area (Å²) in [5.74, 6) is -0.648. The number of aromatic nitrogens is 3. The summed E-state index contributed by atoms with van der Waals surface area (Å²) in [6.07, 6.45) is 5.74. The van der Waals surface area contributed by atoms with Crippen molar-refractivity contribution in [2.24, 2.45) is 0 Å². The molecule has 2 saturated heterocycles. The number of imide groups is 1. The van der Waals surface area contributed by atoms with Crippen molar-refractivity contribution in [3.8, 4) is 11.3 Å². The molecule has 5 heterocycles. The number of fused-ring (bicyclic) bond motifs is 1. The number of piperidine rings is 1. The second-order valence-corrected chi connectivity index (χ2v) is 14.8. The van der Waals surface area contributed by atoms with Crippen molar-refractivity contribution >= 4 is 62.6 Å². The molecule has 0 radical (unpaired) electrons. The van der Waals surface area contributed by atoms with Gasteiger partial charge in [-0.25, -0.2) is 9.97 Å². The molecule has 8 rings (SSSR count). The number of nitrogens with zero attached hydrogens (tertiary/aromatic N) is 6. The summed E-state index contributed by atoms with van der Waals surface area (Å²) in [5.41, 5.74) is 8.24. The first-order chi connectivity index (χ1) is 26.7. The highest BCUT2D eigenvalue weighted by Crippen LogP contribution is 2.33. The van der Waals surface area contributed by atoms with Gasteiger partial charge < -0.3 is 20.4 Å². The van der Waals surface area contributed by atoms with Gasteiger partial charge in [0.1, 0.15) is 6.04 Å². The first-order valence-electron chi connectivity index (χ1n) is 18.1. The smallest absolute Gasteiger partial charge is 0.255 e. The minimum Gasteiger partial charge on any atom is -0.369 e. The number of hydrogen-bond acceptors (Lipinski definition) is 10. The number of aryl methyl sites for hydroxylation is 1. The molecule has 0 bridgehead atoms. The second kappa shape index (κ2) is 15.4. The van der Waals surface area contributed by atoms with Crippen LogP contribution in [-0.4, -0.2) is 80.6 Å². The van der Waals surface area contributed by atoms with E-state index in [1.807, 2.05) is 73.7 Å². The zero-order chi connectivity index (χ0) is 38.1. The monoisotopic (exact) mass is 799 g/mol. The molecule has 0 aliphatic carbocycles. The van der Waals surface area contributed by atoms with E-state index in [0.717, 1.165) is 70.0 Å². The Hall–Kier alpha value is -5.99. The molecule has 0 spiro atoms. The van der Waals surface area contributed by atoms with Crippen molar-refractivity contribution in [3.05, 3.63) is 124 Å². The van der Waals surface area contributed by atoms with Gasteiger partial charge in [0.2, 0.25) is 17.8 Å². The van der Waals surface area contributed by atoms with Crippen LogP contribution in [-0.2, 0) is 22.7 Å². The maximum Gasteiger partial charge on any atom is 0.255 e. The lowest BCUT2D eigenvalue weighted by Gasteiger charge is -2.36. The van der Waals surface area contributed by atoms with Crippen LogP contribution in [0, 0.1) is 6.92 Å².